The highest BCUT2D eigenvalue weighted by atomic mass is 35.5. The first-order valence-electron chi connectivity index (χ1n) is 8.30. The Balaban J connectivity index is 0.00000176. The number of amides is 1. The molecule has 2 aliphatic rings. The molecule has 1 amide bonds. The highest BCUT2D eigenvalue weighted by Gasteiger charge is 2.43. The molecule has 0 bridgehead atoms. The van der Waals surface area contributed by atoms with Crippen LogP contribution in [0.2, 0.25) is 0 Å². The summed E-state index contributed by atoms with van der Waals surface area (Å²) in [6.45, 7) is 3.20. The summed E-state index contributed by atoms with van der Waals surface area (Å²) in [4.78, 5) is 13.0. The van der Waals surface area contributed by atoms with Gasteiger partial charge in [0.25, 0.3) is 0 Å². The Morgan fingerprint density at radius 2 is 1.91 bits per heavy atom. The first-order valence-corrected chi connectivity index (χ1v) is 8.30. The van der Waals surface area contributed by atoms with Crippen LogP contribution in [0.1, 0.15) is 51.0 Å². The van der Waals surface area contributed by atoms with Crippen LogP contribution in [0.25, 0.3) is 0 Å². The van der Waals surface area contributed by atoms with Crippen molar-refractivity contribution in [3.05, 3.63) is 35.9 Å². The van der Waals surface area contributed by atoms with Gasteiger partial charge < -0.3 is 10.6 Å². The second kappa shape index (κ2) is 7.47. The summed E-state index contributed by atoms with van der Waals surface area (Å²) < 4.78 is 0. The maximum Gasteiger partial charge on any atom is 0.230 e. The average Bonchev–Trinajstić information content (AvgIpc) is 2.99. The molecule has 1 saturated carbocycles. The van der Waals surface area contributed by atoms with Crippen molar-refractivity contribution in [1.82, 2.24) is 10.6 Å². The lowest BCUT2D eigenvalue weighted by Crippen LogP contribution is -2.51. The van der Waals surface area contributed by atoms with E-state index in [9.17, 15) is 4.79 Å². The van der Waals surface area contributed by atoms with Crippen molar-refractivity contribution >= 4 is 18.3 Å². The van der Waals surface area contributed by atoms with Gasteiger partial charge in [0.05, 0.1) is 5.41 Å². The number of hydrogen-bond donors (Lipinski definition) is 2. The lowest BCUT2D eigenvalue weighted by Gasteiger charge is -2.34. The van der Waals surface area contributed by atoms with Gasteiger partial charge >= 0.3 is 0 Å². The summed E-state index contributed by atoms with van der Waals surface area (Å²) in [6, 6.07) is 11.2. The molecule has 0 radical (unpaired) electrons. The van der Waals surface area contributed by atoms with Gasteiger partial charge in [-0.25, -0.2) is 0 Å². The Kier molecular flexibility index (Phi) is 5.87. The predicted octanol–water partition coefficient (Wildman–Crippen LogP) is 3.18. The first kappa shape index (κ1) is 17.3. The quantitative estimate of drug-likeness (QED) is 0.897. The average molecular weight is 323 g/mol. The van der Waals surface area contributed by atoms with Crippen molar-refractivity contribution in [3.8, 4) is 0 Å². The van der Waals surface area contributed by atoms with Gasteiger partial charge in [0, 0.05) is 12.1 Å². The van der Waals surface area contributed by atoms with E-state index in [0.29, 0.717) is 12.1 Å². The molecule has 1 heterocycles. The molecule has 2 N–H and O–H groups in total. The van der Waals surface area contributed by atoms with E-state index in [2.05, 4.69) is 41.8 Å². The van der Waals surface area contributed by atoms with Gasteiger partial charge in [-0.1, -0.05) is 43.2 Å². The molecule has 1 saturated heterocycles. The van der Waals surface area contributed by atoms with Crippen LogP contribution < -0.4 is 10.6 Å². The van der Waals surface area contributed by atoms with E-state index in [1.807, 2.05) is 6.07 Å². The number of nitrogens with one attached hydrogen (secondary N) is 2. The molecule has 2 unspecified atom stereocenters. The zero-order valence-electron chi connectivity index (χ0n) is 13.3. The molecular formula is C18H27ClN2O. The number of rotatable bonds is 3. The van der Waals surface area contributed by atoms with Crippen LogP contribution in [0.5, 0.6) is 0 Å². The Morgan fingerprint density at radius 3 is 2.55 bits per heavy atom. The molecule has 1 aromatic rings. The third-order valence-corrected chi connectivity index (χ3v) is 5.18. The van der Waals surface area contributed by atoms with Gasteiger partial charge in [0.15, 0.2) is 0 Å². The minimum Gasteiger partial charge on any atom is -0.352 e. The molecule has 2 fully saturated rings. The van der Waals surface area contributed by atoms with Crippen LogP contribution in [0.3, 0.4) is 0 Å². The molecule has 2 atom stereocenters. The molecule has 1 aliphatic heterocycles. The van der Waals surface area contributed by atoms with Gasteiger partial charge in [-0.2, -0.15) is 0 Å². The van der Waals surface area contributed by atoms with Gasteiger partial charge in [-0.05, 0) is 44.7 Å². The van der Waals surface area contributed by atoms with E-state index in [0.717, 1.165) is 45.1 Å². The Hall–Kier alpha value is -1.06. The molecular weight excluding hydrogens is 296 g/mol. The molecule has 0 spiro atoms. The fourth-order valence-electron chi connectivity index (χ4n) is 3.97. The smallest absolute Gasteiger partial charge is 0.230 e. The number of carbonyl (C=O) groups is 1. The number of hydrogen-bond acceptors (Lipinski definition) is 2. The lowest BCUT2D eigenvalue weighted by atomic mass is 9.77. The van der Waals surface area contributed by atoms with Crippen LogP contribution in [-0.4, -0.2) is 24.5 Å². The Bertz CT molecular complexity index is 485. The lowest BCUT2D eigenvalue weighted by molar-refractivity contribution is -0.127. The topological polar surface area (TPSA) is 41.1 Å². The van der Waals surface area contributed by atoms with Crippen molar-refractivity contribution in [2.45, 2.75) is 62.9 Å². The van der Waals surface area contributed by atoms with Gasteiger partial charge in [-0.3, -0.25) is 4.79 Å². The third-order valence-electron chi connectivity index (χ3n) is 5.18. The maximum absolute atomic E-state index is 13.0. The number of piperidine rings is 1. The monoisotopic (exact) mass is 322 g/mol. The van der Waals surface area contributed by atoms with Crippen molar-refractivity contribution in [3.63, 3.8) is 0 Å². The van der Waals surface area contributed by atoms with E-state index in [-0.39, 0.29) is 23.7 Å². The number of carbonyl (C=O) groups excluding carboxylic acids is 1. The second-order valence-electron chi connectivity index (χ2n) is 6.71. The molecule has 3 rings (SSSR count). The molecule has 1 aromatic carbocycles. The van der Waals surface area contributed by atoms with Crippen molar-refractivity contribution in [2.24, 2.45) is 0 Å². The van der Waals surface area contributed by atoms with Crippen LogP contribution in [0.4, 0.5) is 0 Å². The number of benzene rings is 1. The standard InChI is InChI=1S/C18H26N2O.ClH/c1-14-13-16(9-12-19-14)20-17(21)18(10-5-6-11-18)15-7-3-2-4-8-15;/h2-4,7-8,14,16,19H,5-6,9-13H2,1H3,(H,20,21);1H. The van der Waals surface area contributed by atoms with Crippen molar-refractivity contribution in [1.29, 1.82) is 0 Å². The summed E-state index contributed by atoms with van der Waals surface area (Å²) in [5, 5.41) is 6.80. The van der Waals surface area contributed by atoms with Crippen LogP contribution in [0, 0.1) is 0 Å². The summed E-state index contributed by atoms with van der Waals surface area (Å²) in [5.74, 6) is 0.255. The minimum absolute atomic E-state index is 0. The van der Waals surface area contributed by atoms with E-state index in [4.69, 9.17) is 0 Å². The van der Waals surface area contributed by atoms with Crippen molar-refractivity contribution in [2.75, 3.05) is 6.54 Å². The van der Waals surface area contributed by atoms with E-state index >= 15 is 0 Å². The van der Waals surface area contributed by atoms with Crippen LogP contribution in [-0.2, 0) is 10.2 Å². The number of halogens is 1. The molecule has 122 valence electrons. The van der Waals surface area contributed by atoms with Gasteiger partial charge in [0.2, 0.25) is 5.91 Å². The van der Waals surface area contributed by atoms with Crippen LogP contribution >= 0.6 is 12.4 Å². The summed E-state index contributed by atoms with van der Waals surface area (Å²) in [7, 11) is 0. The first-order chi connectivity index (χ1) is 10.2. The Morgan fingerprint density at radius 1 is 1.23 bits per heavy atom. The fourth-order valence-corrected chi connectivity index (χ4v) is 3.97. The maximum atomic E-state index is 13.0. The predicted molar refractivity (Wildman–Crippen MR) is 92.5 cm³/mol. The van der Waals surface area contributed by atoms with E-state index in [1.165, 1.54) is 5.56 Å². The fraction of sp³-hybridized carbons (Fsp3) is 0.611. The van der Waals surface area contributed by atoms with Gasteiger partial charge in [0.1, 0.15) is 0 Å². The molecule has 22 heavy (non-hydrogen) atoms. The largest absolute Gasteiger partial charge is 0.352 e. The minimum atomic E-state index is -0.282. The van der Waals surface area contributed by atoms with Crippen molar-refractivity contribution < 1.29 is 4.79 Å². The summed E-state index contributed by atoms with van der Waals surface area (Å²) in [6.07, 6.45) is 6.38. The van der Waals surface area contributed by atoms with E-state index in [1.54, 1.807) is 0 Å². The SMILES string of the molecule is CC1CC(NC(=O)C2(c3ccccc3)CCCC2)CCN1.Cl. The Labute approximate surface area is 139 Å². The summed E-state index contributed by atoms with van der Waals surface area (Å²) >= 11 is 0. The molecule has 4 heteroatoms. The summed E-state index contributed by atoms with van der Waals surface area (Å²) in [5.41, 5.74) is 0.914. The molecule has 0 aromatic heterocycles. The molecule has 3 nitrogen and oxygen atoms in total. The highest BCUT2D eigenvalue weighted by molar-refractivity contribution is 5.88. The molecule has 1 aliphatic carbocycles. The van der Waals surface area contributed by atoms with E-state index < -0.39 is 0 Å². The third kappa shape index (κ3) is 3.47. The highest BCUT2D eigenvalue weighted by Crippen LogP contribution is 2.41. The zero-order valence-corrected chi connectivity index (χ0v) is 14.1. The zero-order chi connectivity index (χ0) is 14.7. The van der Waals surface area contributed by atoms with Crippen LogP contribution in [0.15, 0.2) is 30.3 Å². The normalized spacial score (nSPS) is 27.0. The van der Waals surface area contributed by atoms with Gasteiger partial charge in [-0.15, -0.1) is 12.4 Å². The second-order valence-corrected chi connectivity index (χ2v) is 6.71.